The van der Waals surface area contributed by atoms with E-state index in [-0.39, 0.29) is 5.91 Å². The van der Waals surface area contributed by atoms with Crippen molar-refractivity contribution in [1.82, 2.24) is 15.0 Å². The van der Waals surface area contributed by atoms with Crippen molar-refractivity contribution in [3.05, 3.63) is 26.0 Å². The van der Waals surface area contributed by atoms with Gasteiger partial charge in [0.25, 0.3) is 5.91 Å². The van der Waals surface area contributed by atoms with Crippen molar-refractivity contribution in [2.24, 2.45) is 0 Å². The molecule has 0 saturated carbocycles. The van der Waals surface area contributed by atoms with E-state index in [1.165, 1.54) is 0 Å². The predicted molar refractivity (Wildman–Crippen MR) is 84.4 cm³/mol. The standard InChI is InChI=1S/C13H17BrN4OS/c1-4-5-6-18-7-10(16-17-18)15-13(19)11-8(2)9(3)20-12(11)14/h7H,4-6H2,1-3H3,(H,15,19). The van der Waals surface area contributed by atoms with Crippen LogP contribution in [-0.2, 0) is 6.54 Å². The molecule has 0 unspecified atom stereocenters. The number of carbonyl (C=O) groups excluding carboxylic acids is 1. The number of halogens is 1. The smallest absolute Gasteiger partial charge is 0.259 e. The van der Waals surface area contributed by atoms with Crippen LogP contribution >= 0.6 is 27.3 Å². The Hall–Kier alpha value is -1.21. The third-order valence-corrected chi connectivity index (χ3v) is 4.97. The molecule has 0 radical (unpaired) electrons. The SMILES string of the molecule is CCCCn1cc(NC(=O)c2c(Br)sc(C)c2C)nn1. The van der Waals surface area contributed by atoms with Crippen LogP contribution in [0.2, 0.25) is 0 Å². The van der Waals surface area contributed by atoms with Gasteiger partial charge in [-0.05, 0) is 41.8 Å². The van der Waals surface area contributed by atoms with Gasteiger partial charge in [0.05, 0.1) is 15.5 Å². The summed E-state index contributed by atoms with van der Waals surface area (Å²) in [7, 11) is 0. The molecule has 2 heterocycles. The molecule has 1 N–H and O–H groups in total. The van der Waals surface area contributed by atoms with Gasteiger partial charge >= 0.3 is 0 Å². The zero-order valence-corrected chi connectivity index (χ0v) is 14.1. The van der Waals surface area contributed by atoms with Gasteiger partial charge < -0.3 is 5.32 Å². The summed E-state index contributed by atoms with van der Waals surface area (Å²) in [5, 5.41) is 10.8. The largest absolute Gasteiger partial charge is 0.304 e. The molecule has 0 atom stereocenters. The molecule has 20 heavy (non-hydrogen) atoms. The Bertz CT molecular complexity index is 620. The highest BCUT2D eigenvalue weighted by molar-refractivity contribution is 9.11. The van der Waals surface area contributed by atoms with E-state index in [0.717, 1.165) is 33.6 Å². The number of aryl methyl sites for hydroxylation is 2. The Morgan fingerprint density at radius 1 is 1.50 bits per heavy atom. The third kappa shape index (κ3) is 3.27. The first-order valence-corrected chi connectivity index (χ1v) is 8.10. The number of hydrogen-bond acceptors (Lipinski definition) is 4. The van der Waals surface area contributed by atoms with Gasteiger partial charge in [0, 0.05) is 11.4 Å². The minimum Gasteiger partial charge on any atom is -0.304 e. The molecular formula is C13H17BrN4OS. The summed E-state index contributed by atoms with van der Waals surface area (Å²) in [5.41, 5.74) is 1.67. The van der Waals surface area contributed by atoms with Gasteiger partial charge in [-0.15, -0.1) is 16.4 Å². The number of thiophene rings is 1. The quantitative estimate of drug-likeness (QED) is 0.886. The molecule has 2 aromatic heterocycles. The second-order valence-electron chi connectivity index (χ2n) is 4.61. The van der Waals surface area contributed by atoms with E-state index in [4.69, 9.17) is 0 Å². The molecule has 0 spiro atoms. The zero-order chi connectivity index (χ0) is 14.7. The predicted octanol–water partition coefficient (Wildman–Crippen LogP) is 3.77. The Balaban J connectivity index is 2.09. The maximum Gasteiger partial charge on any atom is 0.259 e. The van der Waals surface area contributed by atoms with E-state index in [9.17, 15) is 4.79 Å². The zero-order valence-electron chi connectivity index (χ0n) is 11.7. The Labute approximate surface area is 130 Å². The van der Waals surface area contributed by atoms with Gasteiger partial charge in [0.1, 0.15) is 0 Å². The molecule has 0 fully saturated rings. The second-order valence-corrected chi connectivity index (χ2v) is 7.15. The summed E-state index contributed by atoms with van der Waals surface area (Å²) < 4.78 is 2.60. The first-order valence-electron chi connectivity index (χ1n) is 6.50. The summed E-state index contributed by atoms with van der Waals surface area (Å²) in [4.78, 5) is 13.4. The highest BCUT2D eigenvalue weighted by Crippen LogP contribution is 2.32. The lowest BCUT2D eigenvalue weighted by atomic mass is 10.2. The molecule has 0 saturated heterocycles. The first-order chi connectivity index (χ1) is 9.52. The number of rotatable bonds is 5. The number of hydrogen-bond donors (Lipinski definition) is 1. The number of nitrogens with zero attached hydrogens (tertiary/aromatic N) is 3. The van der Waals surface area contributed by atoms with Crippen LogP contribution in [0.25, 0.3) is 0 Å². The van der Waals surface area contributed by atoms with Gasteiger partial charge in [0.2, 0.25) is 0 Å². The van der Waals surface area contributed by atoms with Gasteiger partial charge in [-0.25, -0.2) is 0 Å². The number of amides is 1. The van der Waals surface area contributed by atoms with Crippen molar-refractivity contribution in [2.45, 2.75) is 40.2 Å². The van der Waals surface area contributed by atoms with Crippen LogP contribution in [0.1, 0.15) is 40.6 Å². The summed E-state index contributed by atoms with van der Waals surface area (Å²) >= 11 is 5.00. The molecule has 2 aromatic rings. The molecule has 0 aliphatic heterocycles. The minimum absolute atomic E-state index is 0.152. The number of nitrogens with one attached hydrogen (secondary N) is 1. The maximum absolute atomic E-state index is 12.3. The molecule has 0 aliphatic rings. The monoisotopic (exact) mass is 356 g/mol. The van der Waals surface area contributed by atoms with E-state index in [2.05, 4.69) is 38.5 Å². The maximum atomic E-state index is 12.3. The van der Waals surface area contributed by atoms with E-state index in [0.29, 0.717) is 11.4 Å². The minimum atomic E-state index is -0.152. The van der Waals surface area contributed by atoms with Crippen LogP contribution in [0, 0.1) is 13.8 Å². The summed E-state index contributed by atoms with van der Waals surface area (Å²) in [6.45, 7) is 6.89. The first kappa shape index (κ1) is 15.2. The average molecular weight is 357 g/mol. The Kier molecular flexibility index (Phi) is 4.93. The molecule has 5 nitrogen and oxygen atoms in total. The van der Waals surface area contributed by atoms with Gasteiger partial charge in [-0.3, -0.25) is 9.48 Å². The lowest BCUT2D eigenvalue weighted by molar-refractivity contribution is 0.102. The van der Waals surface area contributed by atoms with Crippen molar-refractivity contribution in [2.75, 3.05) is 5.32 Å². The number of aromatic nitrogens is 3. The van der Waals surface area contributed by atoms with E-state index < -0.39 is 0 Å². The summed E-state index contributed by atoms with van der Waals surface area (Å²) in [6.07, 6.45) is 3.91. The number of anilines is 1. The van der Waals surface area contributed by atoms with Crippen molar-refractivity contribution >= 4 is 39.0 Å². The molecule has 108 valence electrons. The van der Waals surface area contributed by atoms with E-state index in [1.807, 2.05) is 13.8 Å². The van der Waals surface area contributed by atoms with Gasteiger partial charge in [0.15, 0.2) is 5.82 Å². The van der Waals surface area contributed by atoms with E-state index in [1.54, 1.807) is 22.2 Å². The van der Waals surface area contributed by atoms with Gasteiger partial charge in [-0.1, -0.05) is 18.6 Å². The van der Waals surface area contributed by atoms with Crippen LogP contribution in [0.3, 0.4) is 0 Å². The van der Waals surface area contributed by atoms with Crippen molar-refractivity contribution < 1.29 is 4.79 Å². The average Bonchev–Trinajstić information content (AvgIpc) is 2.93. The Morgan fingerprint density at radius 3 is 2.85 bits per heavy atom. The van der Waals surface area contributed by atoms with Gasteiger partial charge in [-0.2, -0.15) is 0 Å². The van der Waals surface area contributed by atoms with E-state index >= 15 is 0 Å². The van der Waals surface area contributed by atoms with Crippen molar-refractivity contribution in [3.63, 3.8) is 0 Å². The summed E-state index contributed by atoms with van der Waals surface area (Å²) in [5.74, 6) is 0.336. The third-order valence-electron chi connectivity index (χ3n) is 3.09. The highest BCUT2D eigenvalue weighted by Gasteiger charge is 2.18. The fourth-order valence-electron chi connectivity index (χ4n) is 1.81. The fraction of sp³-hybridized carbons (Fsp3) is 0.462. The van der Waals surface area contributed by atoms with Crippen molar-refractivity contribution in [1.29, 1.82) is 0 Å². The molecule has 0 bridgehead atoms. The highest BCUT2D eigenvalue weighted by atomic mass is 79.9. The Morgan fingerprint density at radius 2 is 2.25 bits per heavy atom. The van der Waals surface area contributed by atoms with Crippen LogP contribution < -0.4 is 5.32 Å². The summed E-state index contributed by atoms with van der Waals surface area (Å²) in [6, 6.07) is 0. The van der Waals surface area contributed by atoms with Crippen LogP contribution in [0.5, 0.6) is 0 Å². The molecular weight excluding hydrogens is 340 g/mol. The van der Waals surface area contributed by atoms with Crippen molar-refractivity contribution in [3.8, 4) is 0 Å². The van der Waals surface area contributed by atoms with Crippen LogP contribution in [-0.4, -0.2) is 20.9 Å². The molecule has 2 rings (SSSR count). The second kappa shape index (κ2) is 6.49. The molecule has 1 amide bonds. The molecule has 0 aliphatic carbocycles. The lowest BCUT2D eigenvalue weighted by Crippen LogP contribution is -2.13. The number of carbonyl (C=O) groups is 1. The van der Waals surface area contributed by atoms with Crippen LogP contribution in [0.15, 0.2) is 9.98 Å². The van der Waals surface area contributed by atoms with Crippen LogP contribution in [0.4, 0.5) is 5.82 Å². The molecule has 7 heteroatoms. The number of unbranched alkanes of at least 4 members (excludes halogenated alkanes) is 1. The topological polar surface area (TPSA) is 59.8 Å². The normalized spacial score (nSPS) is 10.8. The fourth-order valence-corrected chi connectivity index (χ4v) is 3.89. The molecule has 0 aromatic carbocycles. The lowest BCUT2D eigenvalue weighted by Gasteiger charge is -2.02.